The highest BCUT2D eigenvalue weighted by atomic mass is 16.2. The molecular formula is C10H16N6O2. The van der Waals surface area contributed by atoms with Crippen LogP contribution in [0.1, 0.15) is 18.5 Å². The van der Waals surface area contributed by atoms with Crippen LogP contribution in [0.2, 0.25) is 0 Å². The number of hydrogen-bond donors (Lipinski definition) is 3. The van der Waals surface area contributed by atoms with Crippen LogP contribution in [0.4, 0.5) is 0 Å². The Kier molecular flexibility index (Phi) is 3.88. The molecule has 1 aliphatic carbocycles. The van der Waals surface area contributed by atoms with E-state index in [1.54, 1.807) is 6.20 Å². The Bertz CT molecular complexity index is 439. The van der Waals surface area contributed by atoms with Gasteiger partial charge in [-0.25, -0.2) is 4.68 Å². The third kappa shape index (κ3) is 3.81. The Morgan fingerprint density at radius 2 is 2.22 bits per heavy atom. The van der Waals surface area contributed by atoms with Gasteiger partial charge in [-0.3, -0.25) is 9.59 Å². The lowest BCUT2D eigenvalue weighted by Crippen LogP contribution is -2.30. The SMILES string of the molecule is NCC(=O)NCc1cn(CC(=O)NC2CC2)nn1. The molecule has 0 spiro atoms. The summed E-state index contributed by atoms with van der Waals surface area (Å²) in [7, 11) is 0. The summed E-state index contributed by atoms with van der Waals surface area (Å²) >= 11 is 0. The maximum atomic E-state index is 11.5. The number of nitrogens with zero attached hydrogens (tertiary/aromatic N) is 3. The van der Waals surface area contributed by atoms with Crippen LogP contribution in [-0.2, 0) is 22.7 Å². The van der Waals surface area contributed by atoms with E-state index in [1.807, 2.05) is 0 Å². The summed E-state index contributed by atoms with van der Waals surface area (Å²) in [4.78, 5) is 22.4. The van der Waals surface area contributed by atoms with Crippen LogP contribution in [0.5, 0.6) is 0 Å². The Morgan fingerprint density at radius 1 is 1.44 bits per heavy atom. The summed E-state index contributed by atoms with van der Waals surface area (Å²) in [6, 6.07) is 0.337. The molecule has 0 aromatic carbocycles. The third-order valence-electron chi connectivity index (χ3n) is 2.49. The molecule has 4 N–H and O–H groups in total. The zero-order valence-electron chi connectivity index (χ0n) is 9.93. The van der Waals surface area contributed by atoms with Crippen molar-refractivity contribution in [2.24, 2.45) is 5.73 Å². The van der Waals surface area contributed by atoms with Crippen molar-refractivity contribution in [1.82, 2.24) is 25.6 Å². The summed E-state index contributed by atoms with van der Waals surface area (Å²) < 4.78 is 1.45. The number of amides is 2. The molecular weight excluding hydrogens is 236 g/mol. The number of nitrogens with two attached hydrogens (primary N) is 1. The molecule has 1 heterocycles. The molecule has 1 fully saturated rings. The van der Waals surface area contributed by atoms with Crippen LogP contribution in [0.3, 0.4) is 0 Å². The van der Waals surface area contributed by atoms with Gasteiger partial charge in [0.25, 0.3) is 0 Å². The zero-order chi connectivity index (χ0) is 13.0. The smallest absolute Gasteiger partial charge is 0.242 e. The first-order chi connectivity index (χ1) is 8.67. The van der Waals surface area contributed by atoms with Crippen molar-refractivity contribution >= 4 is 11.8 Å². The average molecular weight is 252 g/mol. The Balaban J connectivity index is 1.77. The highest BCUT2D eigenvalue weighted by Gasteiger charge is 2.23. The van der Waals surface area contributed by atoms with Gasteiger partial charge in [-0.2, -0.15) is 0 Å². The molecule has 2 rings (SSSR count). The molecule has 0 radical (unpaired) electrons. The number of carbonyl (C=O) groups excluding carboxylic acids is 2. The summed E-state index contributed by atoms with van der Waals surface area (Å²) in [6.45, 7) is 0.354. The molecule has 0 bridgehead atoms. The summed E-state index contributed by atoms with van der Waals surface area (Å²) in [5.74, 6) is -0.323. The van der Waals surface area contributed by atoms with Gasteiger partial charge in [0.2, 0.25) is 11.8 Å². The minimum absolute atomic E-state index is 0.0576. The highest BCUT2D eigenvalue weighted by molar-refractivity contribution is 5.77. The number of nitrogens with one attached hydrogen (secondary N) is 2. The van der Waals surface area contributed by atoms with E-state index >= 15 is 0 Å². The fraction of sp³-hybridized carbons (Fsp3) is 0.600. The number of aromatic nitrogens is 3. The monoisotopic (exact) mass is 252 g/mol. The van der Waals surface area contributed by atoms with E-state index in [9.17, 15) is 9.59 Å². The van der Waals surface area contributed by atoms with Gasteiger partial charge in [0.05, 0.1) is 19.3 Å². The van der Waals surface area contributed by atoms with Crippen molar-refractivity contribution < 1.29 is 9.59 Å². The number of carbonyl (C=O) groups is 2. The van der Waals surface area contributed by atoms with Gasteiger partial charge >= 0.3 is 0 Å². The minimum Gasteiger partial charge on any atom is -0.352 e. The van der Waals surface area contributed by atoms with Gasteiger partial charge in [-0.1, -0.05) is 5.21 Å². The van der Waals surface area contributed by atoms with E-state index in [0.717, 1.165) is 12.8 Å². The Hall–Kier alpha value is -1.96. The molecule has 8 nitrogen and oxygen atoms in total. The van der Waals surface area contributed by atoms with Crippen LogP contribution in [0.25, 0.3) is 0 Å². The van der Waals surface area contributed by atoms with E-state index in [-0.39, 0.29) is 31.4 Å². The van der Waals surface area contributed by atoms with Crippen LogP contribution in [-0.4, -0.2) is 39.4 Å². The van der Waals surface area contributed by atoms with E-state index in [1.165, 1.54) is 4.68 Å². The molecule has 1 aromatic rings. The molecule has 0 saturated heterocycles. The van der Waals surface area contributed by atoms with E-state index in [0.29, 0.717) is 11.7 Å². The summed E-state index contributed by atoms with van der Waals surface area (Å²) in [6.07, 6.45) is 3.74. The molecule has 0 aliphatic heterocycles. The van der Waals surface area contributed by atoms with Crippen LogP contribution < -0.4 is 16.4 Å². The fourth-order valence-corrected chi connectivity index (χ4v) is 1.41. The van der Waals surface area contributed by atoms with Crippen molar-refractivity contribution in [2.75, 3.05) is 6.54 Å². The van der Waals surface area contributed by atoms with Crippen LogP contribution in [0, 0.1) is 0 Å². The fourth-order valence-electron chi connectivity index (χ4n) is 1.41. The first-order valence-electron chi connectivity index (χ1n) is 5.82. The van der Waals surface area contributed by atoms with E-state index in [4.69, 9.17) is 5.73 Å². The molecule has 1 aromatic heterocycles. The van der Waals surface area contributed by atoms with Gasteiger partial charge in [0.15, 0.2) is 0 Å². The molecule has 98 valence electrons. The molecule has 18 heavy (non-hydrogen) atoms. The van der Waals surface area contributed by atoms with Gasteiger partial charge in [-0.05, 0) is 12.8 Å². The lowest BCUT2D eigenvalue weighted by molar-refractivity contribution is -0.122. The molecule has 0 atom stereocenters. The lowest BCUT2D eigenvalue weighted by Gasteiger charge is -2.01. The largest absolute Gasteiger partial charge is 0.352 e. The lowest BCUT2D eigenvalue weighted by atomic mass is 10.4. The Labute approximate surface area is 104 Å². The third-order valence-corrected chi connectivity index (χ3v) is 2.49. The van der Waals surface area contributed by atoms with Gasteiger partial charge in [-0.15, -0.1) is 5.10 Å². The van der Waals surface area contributed by atoms with Crippen molar-refractivity contribution in [3.63, 3.8) is 0 Å². The molecule has 1 aliphatic rings. The van der Waals surface area contributed by atoms with Crippen molar-refractivity contribution in [3.05, 3.63) is 11.9 Å². The normalized spacial score (nSPS) is 14.3. The predicted octanol–water partition coefficient (Wildman–Crippen LogP) is -1.87. The van der Waals surface area contributed by atoms with E-state index < -0.39 is 0 Å². The topological polar surface area (TPSA) is 115 Å². The second kappa shape index (κ2) is 5.58. The van der Waals surface area contributed by atoms with Gasteiger partial charge in [0, 0.05) is 6.04 Å². The first kappa shape index (κ1) is 12.5. The maximum absolute atomic E-state index is 11.5. The second-order valence-corrected chi connectivity index (χ2v) is 4.23. The van der Waals surface area contributed by atoms with Crippen LogP contribution >= 0.6 is 0 Å². The summed E-state index contributed by atoms with van der Waals surface area (Å²) in [5, 5.41) is 13.1. The van der Waals surface area contributed by atoms with Gasteiger partial charge < -0.3 is 16.4 Å². The maximum Gasteiger partial charge on any atom is 0.242 e. The molecule has 2 amide bonds. The van der Waals surface area contributed by atoms with Gasteiger partial charge in [0.1, 0.15) is 12.2 Å². The highest BCUT2D eigenvalue weighted by Crippen LogP contribution is 2.18. The number of hydrogen-bond acceptors (Lipinski definition) is 5. The number of rotatable bonds is 6. The van der Waals surface area contributed by atoms with Crippen molar-refractivity contribution in [3.8, 4) is 0 Å². The quantitative estimate of drug-likeness (QED) is 0.548. The average Bonchev–Trinajstić information content (AvgIpc) is 3.04. The molecule has 0 unspecified atom stereocenters. The first-order valence-corrected chi connectivity index (χ1v) is 5.82. The van der Waals surface area contributed by atoms with E-state index in [2.05, 4.69) is 20.9 Å². The van der Waals surface area contributed by atoms with Crippen molar-refractivity contribution in [1.29, 1.82) is 0 Å². The standard InChI is InChI=1S/C10H16N6O2/c11-3-9(17)12-4-8-5-16(15-14-8)6-10(18)13-7-1-2-7/h5,7H,1-4,6,11H2,(H,12,17)(H,13,18). The zero-order valence-corrected chi connectivity index (χ0v) is 9.93. The Morgan fingerprint density at radius 3 is 2.89 bits per heavy atom. The van der Waals surface area contributed by atoms with Crippen molar-refractivity contribution in [2.45, 2.75) is 32.0 Å². The van der Waals surface area contributed by atoms with Crippen LogP contribution in [0.15, 0.2) is 6.20 Å². The summed E-state index contributed by atoms with van der Waals surface area (Å²) in [5.41, 5.74) is 5.75. The second-order valence-electron chi connectivity index (χ2n) is 4.23. The minimum atomic E-state index is -0.254. The predicted molar refractivity (Wildman–Crippen MR) is 62.1 cm³/mol. The molecule has 1 saturated carbocycles. The molecule has 8 heteroatoms.